The van der Waals surface area contributed by atoms with E-state index in [2.05, 4.69) is 15.9 Å². The van der Waals surface area contributed by atoms with Crippen molar-refractivity contribution in [2.24, 2.45) is 0 Å². The molecular weight excluding hydrogens is 374 g/mol. The van der Waals surface area contributed by atoms with Gasteiger partial charge in [-0.1, -0.05) is 29.3 Å². The third-order valence-corrected chi connectivity index (χ3v) is 6.24. The van der Waals surface area contributed by atoms with Gasteiger partial charge >= 0.3 is 0 Å². The van der Waals surface area contributed by atoms with Crippen LogP contribution in [0, 0.1) is 6.92 Å². The van der Waals surface area contributed by atoms with Gasteiger partial charge in [0.25, 0.3) is 10.0 Å². The molecule has 0 spiro atoms. The van der Waals surface area contributed by atoms with Crippen LogP contribution in [-0.2, 0) is 10.0 Å². The lowest BCUT2D eigenvalue weighted by Gasteiger charge is -2.23. The Morgan fingerprint density at radius 2 is 1.76 bits per heavy atom. The van der Waals surface area contributed by atoms with Crippen LogP contribution in [0.2, 0.25) is 5.02 Å². The summed E-state index contributed by atoms with van der Waals surface area (Å²) in [5.74, 6) is 0. The number of benzene rings is 2. The highest BCUT2D eigenvalue weighted by atomic mass is 79.9. The molecule has 0 aliphatic carbocycles. The van der Waals surface area contributed by atoms with Gasteiger partial charge in [0.1, 0.15) is 0 Å². The first-order valence-corrected chi connectivity index (χ1v) is 9.02. The van der Waals surface area contributed by atoms with Crippen LogP contribution in [0.1, 0.15) is 12.5 Å². The second kappa shape index (κ2) is 6.38. The van der Waals surface area contributed by atoms with Crippen LogP contribution in [0.25, 0.3) is 0 Å². The quantitative estimate of drug-likeness (QED) is 0.766. The van der Waals surface area contributed by atoms with Crippen molar-refractivity contribution in [3.8, 4) is 0 Å². The van der Waals surface area contributed by atoms with Crippen LogP contribution < -0.4 is 4.31 Å². The number of anilines is 1. The lowest BCUT2D eigenvalue weighted by Crippen LogP contribution is -2.30. The van der Waals surface area contributed by atoms with Gasteiger partial charge < -0.3 is 0 Å². The van der Waals surface area contributed by atoms with Gasteiger partial charge in [-0.25, -0.2) is 8.42 Å². The molecule has 2 rings (SSSR count). The lowest BCUT2D eigenvalue weighted by molar-refractivity contribution is 0.592. The molecule has 0 amide bonds. The van der Waals surface area contributed by atoms with Crippen molar-refractivity contribution in [1.29, 1.82) is 0 Å². The van der Waals surface area contributed by atoms with Crippen molar-refractivity contribution >= 4 is 43.2 Å². The zero-order chi connectivity index (χ0) is 15.6. The van der Waals surface area contributed by atoms with Gasteiger partial charge in [-0.15, -0.1) is 0 Å². The smallest absolute Gasteiger partial charge is 0.264 e. The van der Waals surface area contributed by atoms with E-state index in [1.807, 2.05) is 6.92 Å². The summed E-state index contributed by atoms with van der Waals surface area (Å²) in [6, 6.07) is 11.9. The molecule has 0 radical (unpaired) electrons. The zero-order valence-electron chi connectivity index (χ0n) is 11.7. The molecule has 112 valence electrons. The summed E-state index contributed by atoms with van der Waals surface area (Å²) in [6.07, 6.45) is 0. The minimum Gasteiger partial charge on any atom is -0.267 e. The van der Waals surface area contributed by atoms with Crippen molar-refractivity contribution in [2.45, 2.75) is 18.7 Å². The number of aryl methyl sites for hydroxylation is 1. The van der Waals surface area contributed by atoms with E-state index in [4.69, 9.17) is 11.6 Å². The summed E-state index contributed by atoms with van der Waals surface area (Å²) < 4.78 is 27.6. The van der Waals surface area contributed by atoms with E-state index in [0.29, 0.717) is 17.3 Å². The molecule has 0 atom stereocenters. The number of hydrogen-bond acceptors (Lipinski definition) is 2. The third kappa shape index (κ3) is 3.42. The molecule has 0 heterocycles. The second-order valence-electron chi connectivity index (χ2n) is 4.58. The van der Waals surface area contributed by atoms with E-state index in [9.17, 15) is 8.42 Å². The molecule has 0 N–H and O–H groups in total. The van der Waals surface area contributed by atoms with Crippen molar-refractivity contribution in [3.63, 3.8) is 0 Å². The second-order valence-corrected chi connectivity index (χ2v) is 7.71. The summed E-state index contributed by atoms with van der Waals surface area (Å²) in [5.41, 5.74) is 1.56. The molecular formula is C15H15BrClNO2S. The summed E-state index contributed by atoms with van der Waals surface area (Å²) in [4.78, 5) is 0.272. The minimum atomic E-state index is -3.59. The maximum Gasteiger partial charge on any atom is 0.264 e. The van der Waals surface area contributed by atoms with E-state index in [0.717, 1.165) is 10.0 Å². The average molecular weight is 389 g/mol. The van der Waals surface area contributed by atoms with E-state index < -0.39 is 10.0 Å². The molecule has 0 fully saturated rings. The molecule has 6 heteroatoms. The van der Waals surface area contributed by atoms with Gasteiger partial charge in [0.05, 0.1) is 15.6 Å². The maximum absolute atomic E-state index is 12.7. The van der Waals surface area contributed by atoms with E-state index in [1.165, 1.54) is 4.31 Å². The minimum absolute atomic E-state index is 0.272. The highest BCUT2D eigenvalue weighted by Gasteiger charge is 2.23. The Bertz CT molecular complexity index is 745. The van der Waals surface area contributed by atoms with E-state index >= 15 is 0 Å². The molecule has 0 aliphatic heterocycles. The molecule has 0 aliphatic rings. The van der Waals surface area contributed by atoms with Crippen LogP contribution >= 0.6 is 27.5 Å². The van der Waals surface area contributed by atoms with Gasteiger partial charge in [0.2, 0.25) is 0 Å². The van der Waals surface area contributed by atoms with Crippen molar-refractivity contribution in [3.05, 3.63) is 57.5 Å². The Labute approximate surface area is 138 Å². The highest BCUT2D eigenvalue weighted by molar-refractivity contribution is 9.10. The van der Waals surface area contributed by atoms with Crippen LogP contribution in [0.4, 0.5) is 5.69 Å². The lowest BCUT2D eigenvalue weighted by atomic mass is 10.2. The largest absolute Gasteiger partial charge is 0.267 e. The molecule has 0 bridgehead atoms. The van der Waals surface area contributed by atoms with Crippen molar-refractivity contribution < 1.29 is 8.42 Å². The Kier molecular flexibility index (Phi) is 4.96. The topological polar surface area (TPSA) is 37.4 Å². The first-order chi connectivity index (χ1) is 9.86. The Balaban J connectivity index is 2.48. The number of nitrogens with zero attached hydrogens (tertiary/aromatic N) is 1. The monoisotopic (exact) mass is 387 g/mol. The van der Waals surface area contributed by atoms with Crippen molar-refractivity contribution in [2.75, 3.05) is 10.8 Å². The number of hydrogen-bond donors (Lipinski definition) is 0. The fourth-order valence-electron chi connectivity index (χ4n) is 1.97. The SMILES string of the molecule is CCN(c1ccc(Br)c(Cl)c1)S(=O)(=O)c1ccc(C)cc1. The van der Waals surface area contributed by atoms with E-state index in [-0.39, 0.29) is 4.90 Å². The summed E-state index contributed by atoms with van der Waals surface area (Å²) in [5, 5.41) is 0.477. The fraction of sp³-hybridized carbons (Fsp3) is 0.200. The molecule has 2 aromatic carbocycles. The first-order valence-electron chi connectivity index (χ1n) is 6.40. The molecule has 21 heavy (non-hydrogen) atoms. The van der Waals surface area contributed by atoms with Crippen LogP contribution in [-0.4, -0.2) is 15.0 Å². The molecule has 3 nitrogen and oxygen atoms in total. The van der Waals surface area contributed by atoms with Gasteiger partial charge in [-0.05, 0) is 60.1 Å². The predicted octanol–water partition coefficient (Wildman–Crippen LogP) is 4.63. The molecule has 0 unspecified atom stereocenters. The maximum atomic E-state index is 12.7. The average Bonchev–Trinajstić information content (AvgIpc) is 2.44. The van der Waals surface area contributed by atoms with Crippen molar-refractivity contribution in [1.82, 2.24) is 0 Å². The number of rotatable bonds is 4. The fourth-order valence-corrected chi connectivity index (χ4v) is 3.86. The summed E-state index contributed by atoms with van der Waals surface area (Å²) in [7, 11) is -3.59. The third-order valence-electron chi connectivity index (χ3n) is 3.09. The van der Waals surface area contributed by atoms with Gasteiger partial charge in [-0.2, -0.15) is 0 Å². The Morgan fingerprint density at radius 3 is 2.29 bits per heavy atom. The molecule has 0 saturated heterocycles. The number of halogens is 2. The summed E-state index contributed by atoms with van der Waals surface area (Å²) in [6.45, 7) is 4.04. The van der Waals surface area contributed by atoms with Gasteiger partial charge in [0.15, 0.2) is 0 Å². The standard InChI is InChI=1S/C15H15BrClNO2S/c1-3-18(12-6-9-14(16)15(17)10-12)21(19,20)13-7-4-11(2)5-8-13/h4-10H,3H2,1-2H3. The van der Waals surface area contributed by atoms with Crippen LogP contribution in [0.15, 0.2) is 51.8 Å². The molecule has 2 aromatic rings. The van der Waals surface area contributed by atoms with E-state index in [1.54, 1.807) is 49.4 Å². The van der Waals surface area contributed by atoms with Crippen LogP contribution in [0.5, 0.6) is 0 Å². The van der Waals surface area contributed by atoms with Crippen LogP contribution in [0.3, 0.4) is 0 Å². The highest BCUT2D eigenvalue weighted by Crippen LogP contribution is 2.30. The molecule has 0 saturated carbocycles. The number of sulfonamides is 1. The normalized spacial score (nSPS) is 11.4. The first kappa shape index (κ1) is 16.3. The molecule has 0 aromatic heterocycles. The Morgan fingerprint density at radius 1 is 1.14 bits per heavy atom. The predicted molar refractivity (Wildman–Crippen MR) is 90.5 cm³/mol. The van der Waals surface area contributed by atoms with Gasteiger partial charge in [-0.3, -0.25) is 4.31 Å². The zero-order valence-corrected chi connectivity index (χ0v) is 14.8. The summed E-state index contributed by atoms with van der Waals surface area (Å²) >= 11 is 9.37. The Hall–Kier alpha value is -1.04. The van der Waals surface area contributed by atoms with Gasteiger partial charge in [0, 0.05) is 11.0 Å².